The van der Waals surface area contributed by atoms with E-state index in [4.69, 9.17) is 0 Å². The van der Waals surface area contributed by atoms with E-state index in [9.17, 15) is 10.1 Å². The van der Waals surface area contributed by atoms with Crippen molar-refractivity contribution in [1.82, 2.24) is 0 Å². The van der Waals surface area contributed by atoms with E-state index >= 15 is 0 Å². The summed E-state index contributed by atoms with van der Waals surface area (Å²) in [7, 11) is 0. The summed E-state index contributed by atoms with van der Waals surface area (Å²) in [6.45, 7) is 4.23. The zero-order valence-electron chi connectivity index (χ0n) is 8.81. The van der Waals surface area contributed by atoms with Gasteiger partial charge in [-0.3, -0.25) is 10.1 Å². The predicted molar refractivity (Wildman–Crippen MR) is 64.5 cm³/mol. The highest BCUT2D eigenvalue weighted by atomic mass is 79.9. The first-order valence-corrected chi connectivity index (χ1v) is 5.86. The second kappa shape index (κ2) is 5.26. The maximum absolute atomic E-state index is 10.5. The molecule has 15 heavy (non-hydrogen) atoms. The SMILES string of the molecule is CCC(Br)C(C)c1ccc([N+](=O)[O-])cc1. The third kappa shape index (κ3) is 3.02. The van der Waals surface area contributed by atoms with Gasteiger partial charge in [0.1, 0.15) is 0 Å². The van der Waals surface area contributed by atoms with Crippen LogP contribution in [0.25, 0.3) is 0 Å². The van der Waals surface area contributed by atoms with Crippen LogP contribution in [0.15, 0.2) is 24.3 Å². The smallest absolute Gasteiger partial charge is 0.258 e. The Morgan fingerprint density at radius 1 is 1.40 bits per heavy atom. The number of hydrogen-bond donors (Lipinski definition) is 0. The standard InChI is InChI=1S/C11H14BrNO2/c1-3-11(12)8(2)9-4-6-10(7-5-9)13(14)15/h4-8,11H,3H2,1-2H3. The number of nitro groups is 1. The highest BCUT2D eigenvalue weighted by molar-refractivity contribution is 9.09. The molecule has 0 fully saturated rings. The van der Waals surface area contributed by atoms with Gasteiger partial charge in [-0.05, 0) is 17.9 Å². The quantitative estimate of drug-likeness (QED) is 0.474. The number of hydrogen-bond acceptors (Lipinski definition) is 2. The number of nitro benzene ring substituents is 1. The van der Waals surface area contributed by atoms with Crippen LogP contribution in [0.5, 0.6) is 0 Å². The highest BCUT2D eigenvalue weighted by Gasteiger charge is 2.15. The van der Waals surface area contributed by atoms with Crippen molar-refractivity contribution < 1.29 is 4.92 Å². The minimum Gasteiger partial charge on any atom is -0.258 e. The summed E-state index contributed by atoms with van der Waals surface area (Å²) in [5.74, 6) is 0.371. The Morgan fingerprint density at radius 2 is 1.93 bits per heavy atom. The topological polar surface area (TPSA) is 43.1 Å². The van der Waals surface area contributed by atoms with Crippen LogP contribution in [-0.2, 0) is 0 Å². The molecule has 0 aromatic heterocycles. The van der Waals surface area contributed by atoms with Crippen LogP contribution in [-0.4, -0.2) is 9.75 Å². The van der Waals surface area contributed by atoms with E-state index in [1.165, 1.54) is 0 Å². The number of non-ortho nitro benzene ring substituents is 1. The van der Waals surface area contributed by atoms with E-state index in [1.54, 1.807) is 12.1 Å². The van der Waals surface area contributed by atoms with Gasteiger partial charge >= 0.3 is 0 Å². The van der Waals surface area contributed by atoms with Crippen molar-refractivity contribution in [1.29, 1.82) is 0 Å². The van der Waals surface area contributed by atoms with E-state index in [0.29, 0.717) is 10.7 Å². The van der Waals surface area contributed by atoms with Gasteiger partial charge in [0.25, 0.3) is 5.69 Å². The lowest BCUT2D eigenvalue weighted by atomic mass is 9.96. The van der Waals surface area contributed by atoms with Crippen molar-refractivity contribution in [2.45, 2.75) is 31.0 Å². The van der Waals surface area contributed by atoms with E-state index in [2.05, 4.69) is 29.8 Å². The van der Waals surface area contributed by atoms with E-state index in [1.807, 2.05) is 12.1 Å². The van der Waals surface area contributed by atoms with Gasteiger partial charge in [-0.1, -0.05) is 41.9 Å². The maximum Gasteiger partial charge on any atom is 0.269 e. The molecule has 0 aliphatic carbocycles. The molecule has 0 saturated heterocycles. The Labute approximate surface area is 97.8 Å². The first kappa shape index (κ1) is 12.2. The fourth-order valence-electron chi connectivity index (χ4n) is 1.46. The average Bonchev–Trinajstić information content (AvgIpc) is 2.27. The molecule has 0 heterocycles. The average molecular weight is 272 g/mol. The van der Waals surface area contributed by atoms with E-state index in [0.717, 1.165) is 12.0 Å². The molecule has 3 nitrogen and oxygen atoms in total. The van der Waals surface area contributed by atoms with E-state index in [-0.39, 0.29) is 10.6 Å². The third-order valence-corrected chi connectivity index (χ3v) is 4.00. The normalized spacial score (nSPS) is 14.6. The molecule has 2 unspecified atom stereocenters. The van der Waals surface area contributed by atoms with Gasteiger partial charge in [-0.25, -0.2) is 0 Å². The lowest BCUT2D eigenvalue weighted by Gasteiger charge is -2.16. The Hall–Kier alpha value is -0.900. The molecule has 0 radical (unpaired) electrons. The molecule has 0 amide bonds. The monoisotopic (exact) mass is 271 g/mol. The van der Waals surface area contributed by atoms with Gasteiger partial charge in [0, 0.05) is 17.0 Å². The van der Waals surface area contributed by atoms with Crippen LogP contribution in [0, 0.1) is 10.1 Å². The molecule has 0 bridgehead atoms. The molecular weight excluding hydrogens is 258 g/mol. The summed E-state index contributed by atoms with van der Waals surface area (Å²) in [6.07, 6.45) is 1.04. The Kier molecular flexibility index (Phi) is 4.27. The molecule has 82 valence electrons. The zero-order valence-corrected chi connectivity index (χ0v) is 10.4. The third-order valence-electron chi connectivity index (χ3n) is 2.56. The van der Waals surface area contributed by atoms with Gasteiger partial charge in [-0.2, -0.15) is 0 Å². The van der Waals surface area contributed by atoms with Crippen molar-refractivity contribution in [3.05, 3.63) is 39.9 Å². The van der Waals surface area contributed by atoms with Gasteiger partial charge in [0.2, 0.25) is 0 Å². The second-order valence-corrected chi connectivity index (χ2v) is 4.74. The summed E-state index contributed by atoms with van der Waals surface area (Å²) in [5, 5.41) is 10.5. The molecule has 1 aromatic carbocycles. The molecule has 0 spiro atoms. The summed E-state index contributed by atoms with van der Waals surface area (Å²) >= 11 is 3.59. The number of rotatable bonds is 4. The molecule has 0 aliphatic rings. The van der Waals surface area contributed by atoms with Crippen LogP contribution in [0.3, 0.4) is 0 Å². The lowest BCUT2D eigenvalue weighted by Crippen LogP contribution is -2.07. The fraction of sp³-hybridized carbons (Fsp3) is 0.455. The molecule has 2 atom stereocenters. The van der Waals surface area contributed by atoms with Crippen LogP contribution in [0.2, 0.25) is 0 Å². The molecule has 1 aromatic rings. The Balaban J connectivity index is 2.84. The zero-order chi connectivity index (χ0) is 11.4. The maximum atomic E-state index is 10.5. The summed E-state index contributed by atoms with van der Waals surface area (Å²) in [5.41, 5.74) is 1.28. The van der Waals surface area contributed by atoms with Crippen molar-refractivity contribution in [2.24, 2.45) is 0 Å². The largest absolute Gasteiger partial charge is 0.269 e. The van der Waals surface area contributed by atoms with Gasteiger partial charge in [0.05, 0.1) is 4.92 Å². The summed E-state index contributed by atoms with van der Waals surface area (Å²) in [4.78, 5) is 10.5. The van der Waals surface area contributed by atoms with Crippen molar-refractivity contribution >= 4 is 21.6 Å². The summed E-state index contributed by atoms with van der Waals surface area (Å²) in [6, 6.07) is 6.77. The van der Waals surface area contributed by atoms with E-state index < -0.39 is 0 Å². The minimum absolute atomic E-state index is 0.147. The highest BCUT2D eigenvalue weighted by Crippen LogP contribution is 2.27. The Morgan fingerprint density at radius 3 is 2.33 bits per heavy atom. The van der Waals surface area contributed by atoms with Crippen LogP contribution in [0.1, 0.15) is 31.7 Å². The Bertz CT molecular complexity index is 337. The van der Waals surface area contributed by atoms with Crippen LogP contribution < -0.4 is 0 Å². The first-order chi connectivity index (χ1) is 7.06. The predicted octanol–water partition coefficient (Wildman–Crippen LogP) is 3.87. The molecule has 4 heteroatoms. The number of nitrogens with zero attached hydrogens (tertiary/aromatic N) is 1. The van der Waals surface area contributed by atoms with Crippen molar-refractivity contribution in [3.63, 3.8) is 0 Å². The molecule has 0 N–H and O–H groups in total. The van der Waals surface area contributed by atoms with Crippen molar-refractivity contribution in [3.8, 4) is 0 Å². The van der Waals surface area contributed by atoms with Crippen molar-refractivity contribution in [2.75, 3.05) is 0 Å². The second-order valence-electron chi connectivity index (χ2n) is 3.56. The number of halogens is 1. The molecular formula is C11H14BrNO2. The lowest BCUT2D eigenvalue weighted by molar-refractivity contribution is -0.384. The summed E-state index contributed by atoms with van der Waals surface area (Å²) < 4.78 is 0. The molecule has 0 aliphatic heterocycles. The van der Waals surface area contributed by atoms with Gasteiger partial charge < -0.3 is 0 Å². The van der Waals surface area contributed by atoms with Gasteiger partial charge in [0.15, 0.2) is 0 Å². The number of benzene rings is 1. The van der Waals surface area contributed by atoms with Crippen LogP contribution >= 0.6 is 15.9 Å². The fourth-order valence-corrected chi connectivity index (χ4v) is 1.77. The minimum atomic E-state index is -0.375. The molecule has 1 rings (SSSR count). The molecule has 0 saturated carbocycles. The first-order valence-electron chi connectivity index (χ1n) is 4.94. The van der Waals surface area contributed by atoms with Crippen LogP contribution in [0.4, 0.5) is 5.69 Å². The van der Waals surface area contributed by atoms with Gasteiger partial charge in [-0.15, -0.1) is 0 Å². The number of alkyl halides is 1.